The molecule has 0 saturated carbocycles. The summed E-state index contributed by atoms with van der Waals surface area (Å²) < 4.78 is 2.56. The number of amides is 1. The maximum Gasteiger partial charge on any atom is 0.273 e. The third-order valence-corrected chi connectivity index (χ3v) is 3.38. The van der Waals surface area contributed by atoms with Crippen molar-refractivity contribution in [2.75, 3.05) is 6.54 Å². The van der Waals surface area contributed by atoms with Crippen LogP contribution in [-0.4, -0.2) is 27.4 Å². The molecule has 0 spiro atoms. The van der Waals surface area contributed by atoms with Crippen LogP contribution in [0.2, 0.25) is 0 Å². The molecule has 2 rings (SSSR count). The minimum Gasteiger partial charge on any atom is -0.344 e. The number of hydrogen-bond acceptors (Lipinski definition) is 4. The normalized spacial score (nSPS) is 12.2. The van der Waals surface area contributed by atoms with E-state index in [0.29, 0.717) is 18.8 Å². The maximum absolute atomic E-state index is 12.0. The molecule has 106 valence electrons. The first-order valence-corrected chi connectivity index (χ1v) is 7.06. The van der Waals surface area contributed by atoms with E-state index >= 15 is 0 Å². The zero-order valence-electron chi connectivity index (χ0n) is 11.1. The van der Waals surface area contributed by atoms with E-state index in [9.17, 15) is 4.79 Å². The van der Waals surface area contributed by atoms with Crippen LogP contribution in [0.4, 0.5) is 0 Å². The van der Waals surface area contributed by atoms with E-state index in [1.807, 2.05) is 31.2 Å². The van der Waals surface area contributed by atoms with E-state index in [0.717, 1.165) is 10.0 Å². The van der Waals surface area contributed by atoms with Crippen molar-refractivity contribution >= 4 is 21.8 Å². The van der Waals surface area contributed by atoms with E-state index in [1.54, 1.807) is 10.9 Å². The van der Waals surface area contributed by atoms with Crippen molar-refractivity contribution in [3.63, 3.8) is 0 Å². The Bertz CT molecular complexity index is 581. The number of aromatic nitrogens is 3. The van der Waals surface area contributed by atoms with Crippen LogP contribution in [0.15, 0.2) is 34.9 Å². The lowest BCUT2D eigenvalue weighted by molar-refractivity contribution is 0.0934. The average molecular weight is 338 g/mol. The van der Waals surface area contributed by atoms with Crippen LogP contribution in [0, 0.1) is 0 Å². The third kappa shape index (κ3) is 3.64. The summed E-state index contributed by atoms with van der Waals surface area (Å²) in [5.41, 5.74) is 6.74. The lowest BCUT2D eigenvalue weighted by Crippen LogP contribution is -2.27. The molecule has 2 aromatic rings. The number of benzene rings is 1. The Hall–Kier alpha value is -1.73. The molecule has 0 fully saturated rings. The van der Waals surface area contributed by atoms with Gasteiger partial charge in [0, 0.05) is 11.0 Å². The molecule has 0 radical (unpaired) electrons. The van der Waals surface area contributed by atoms with Gasteiger partial charge in [-0.2, -0.15) is 0 Å². The van der Waals surface area contributed by atoms with Gasteiger partial charge in [-0.15, -0.1) is 5.10 Å². The van der Waals surface area contributed by atoms with E-state index < -0.39 is 0 Å². The second-order valence-electron chi connectivity index (χ2n) is 4.40. The highest BCUT2D eigenvalue weighted by atomic mass is 79.9. The highest BCUT2D eigenvalue weighted by molar-refractivity contribution is 9.10. The van der Waals surface area contributed by atoms with Crippen LogP contribution in [0.25, 0.3) is 0 Å². The van der Waals surface area contributed by atoms with Gasteiger partial charge in [-0.3, -0.25) is 9.48 Å². The summed E-state index contributed by atoms with van der Waals surface area (Å²) in [6, 6.07) is 7.70. The fourth-order valence-electron chi connectivity index (χ4n) is 1.75. The fraction of sp³-hybridized carbons (Fsp3) is 0.308. The molecule has 0 bridgehead atoms. The van der Waals surface area contributed by atoms with E-state index in [4.69, 9.17) is 5.73 Å². The number of carbonyl (C=O) groups is 1. The summed E-state index contributed by atoms with van der Waals surface area (Å²) in [7, 11) is 0. The second kappa shape index (κ2) is 6.62. The number of nitrogens with one attached hydrogen (secondary N) is 1. The van der Waals surface area contributed by atoms with Gasteiger partial charge in [-0.25, -0.2) is 0 Å². The lowest BCUT2D eigenvalue weighted by Gasteiger charge is -2.13. The topological polar surface area (TPSA) is 85.8 Å². The van der Waals surface area contributed by atoms with Crippen LogP contribution < -0.4 is 11.1 Å². The molecule has 1 atom stereocenters. The lowest BCUT2D eigenvalue weighted by atomic mass is 10.1. The summed E-state index contributed by atoms with van der Waals surface area (Å²) >= 11 is 3.38. The van der Waals surface area contributed by atoms with E-state index in [1.165, 1.54) is 0 Å². The number of nitrogens with two attached hydrogens (primary N) is 1. The van der Waals surface area contributed by atoms with E-state index in [2.05, 4.69) is 31.6 Å². The summed E-state index contributed by atoms with van der Waals surface area (Å²) in [4.78, 5) is 12.0. The molecule has 1 amide bonds. The summed E-state index contributed by atoms with van der Waals surface area (Å²) in [5.74, 6) is -0.247. The van der Waals surface area contributed by atoms with Crippen LogP contribution in [0.1, 0.15) is 29.0 Å². The van der Waals surface area contributed by atoms with Gasteiger partial charge in [0.15, 0.2) is 5.69 Å². The molecule has 20 heavy (non-hydrogen) atoms. The third-order valence-electron chi connectivity index (χ3n) is 2.85. The largest absolute Gasteiger partial charge is 0.344 e. The maximum atomic E-state index is 12.0. The number of carbonyl (C=O) groups excluding carboxylic acids is 1. The van der Waals surface area contributed by atoms with Crippen LogP contribution in [0.3, 0.4) is 0 Å². The number of rotatable bonds is 5. The van der Waals surface area contributed by atoms with Gasteiger partial charge in [-0.1, -0.05) is 33.3 Å². The van der Waals surface area contributed by atoms with Gasteiger partial charge in [0.1, 0.15) is 0 Å². The Morgan fingerprint density at radius 2 is 2.15 bits per heavy atom. The predicted octanol–water partition coefficient (Wildman–Crippen LogP) is 1.49. The molecule has 6 nitrogen and oxygen atoms in total. The van der Waals surface area contributed by atoms with Gasteiger partial charge in [-0.05, 0) is 24.6 Å². The van der Waals surface area contributed by atoms with Gasteiger partial charge in [0.25, 0.3) is 5.91 Å². The van der Waals surface area contributed by atoms with Gasteiger partial charge in [0.2, 0.25) is 0 Å². The summed E-state index contributed by atoms with van der Waals surface area (Å²) in [5, 5.41) is 10.6. The Labute approximate surface area is 125 Å². The van der Waals surface area contributed by atoms with Crippen LogP contribution in [0.5, 0.6) is 0 Å². The standard InChI is InChI=1S/C13H16BrN5O/c1-9(10-2-4-11(14)5-3-10)16-13(20)12-8-19(7-6-15)18-17-12/h2-5,8-9H,6-7,15H2,1H3,(H,16,20)/t9-/m1/s1. The van der Waals surface area contributed by atoms with Crippen molar-refractivity contribution < 1.29 is 4.79 Å². The first-order chi connectivity index (χ1) is 9.60. The Balaban J connectivity index is 2.01. The summed E-state index contributed by atoms with van der Waals surface area (Å²) in [6.07, 6.45) is 1.59. The Morgan fingerprint density at radius 1 is 1.45 bits per heavy atom. The van der Waals surface area contributed by atoms with Crippen LogP contribution in [-0.2, 0) is 6.54 Å². The van der Waals surface area contributed by atoms with Crippen LogP contribution >= 0.6 is 15.9 Å². The number of nitrogens with zero attached hydrogens (tertiary/aromatic N) is 3. The highest BCUT2D eigenvalue weighted by Gasteiger charge is 2.14. The predicted molar refractivity (Wildman–Crippen MR) is 79.1 cm³/mol. The van der Waals surface area contributed by atoms with Crippen molar-refractivity contribution in [1.82, 2.24) is 20.3 Å². The zero-order valence-corrected chi connectivity index (χ0v) is 12.7. The van der Waals surface area contributed by atoms with E-state index in [-0.39, 0.29) is 11.9 Å². The molecule has 0 saturated heterocycles. The molecular formula is C13H16BrN5O. The second-order valence-corrected chi connectivity index (χ2v) is 5.32. The molecule has 7 heteroatoms. The average Bonchev–Trinajstić information content (AvgIpc) is 2.88. The van der Waals surface area contributed by atoms with Gasteiger partial charge >= 0.3 is 0 Å². The zero-order chi connectivity index (χ0) is 14.5. The molecule has 1 heterocycles. The van der Waals surface area contributed by atoms with Crippen molar-refractivity contribution in [1.29, 1.82) is 0 Å². The molecule has 1 aromatic carbocycles. The molecule has 0 aliphatic heterocycles. The van der Waals surface area contributed by atoms with Crippen molar-refractivity contribution in [3.8, 4) is 0 Å². The molecule has 0 aliphatic rings. The molecule has 0 aliphatic carbocycles. The first-order valence-electron chi connectivity index (χ1n) is 6.26. The smallest absolute Gasteiger partial charge is 0.273 e. The molecule has 0 unspecified atom stereocenters. The van der Waals surface area contributed by atoms with Crippen molar-refractivity contribution in [3.05, 3.63) is 46.2 Å². The van der Waals surface area contributed by atoms with Gasteiger partial charge < -0.3 is 11.1 Å². The number of halogens is 1. The molecule has 1 aromatic heterocycles. The van der Waals surface area contributed by atoms with Gasteiger partial charge in [0.05, 0.1) is 18.8 Å². The van der Waals surface area contributed by atoms with Crippen molar-refractivity contribution in [2.45, 2.75) is 19.5 Å². The quantitative estimate of drug-likeness (QED) is 0.865. The Morgan fingerprint density at radius 3 is 2.80 bits per heavy atom. The minimum absolute atomic E-state index is 0.102. The number of hydrogen-bond donors (Lipinski definition) is 2. The SMILES string of the molecule is C[C@@H](NC(=O)c1cn(CCN)nn1)c1ccc(Br)cc1. The molecule has 3 N–H and O–H groups in total. The molecular weight excluding hydrogens is 322 g/mol. The summed E-state index contributed by atoms with van der Waals surface area (Å²) in [6.45, 7) is 2.92. The minimum atomic E-state index is -0.247. The first kappa shape index (κ1) is 14.7. The fourth-order valence-corrected chi connectivity index (χ4v) is 2.01. The highest BCUT2D eigenvalue weighted by Crippen LogP contribution is 2.16. The Kier molecular flexibility index (Phi) is 4.86. The van der Waals surface area contributed by atoms with Crippen molar-refractivity contribution in [2.24, 2.45) is 5.73 Å². The monoisotopic (exact) mass is 337 g/mol.